The number of carbonyl (C=O) groups is 3. The number of halogens is 2. The van der Waals surface area contributed by atoms with Gasteiger partial charge in [0.05, 0.1) is 17.5 Å². The molecule has 2 aromatic heterocycles. The number of rotatable bonds is 6. The molecule has 0 unspecified atom stereocenters. The number of aromatic hydroxyl groups is 1. The molecule has 5 rings (SSSR count). The number of amides is 3. The maximum absolute atomic E-state index is 14.9. The van der Waals surface area contributed by atoms with Crippen molar-refractivity contribution in [2.45, 2.75) is 45.7 Å². The van der Waals surface area contributed by atoms with Gasteiger partial charge in [0.1, 0.15) is 17.4 Å². The van der Waals surface area contributed by atoms with E-state index in [2.05, 4.69) is 20.7 Å². The lowest BCUT2D eigenvalue weighted by molar-refractivity contribution is -0.114. The number of aromatic nitrogens is 3. The summed E-state index contributed by atoms with van der Waals surface area (Å²) in [5.41, 5.74) is 0.425. The van der Waals surface area contributed by atoms with Crippen molar-refractivity contribution in [1.82, 2.24) is 24.8 Å². The fourth-order valence-corrected chi connectivity index (χ4v) is 5.02. The summed E-state index contributed by atoms with van der Waals surface area (Å²) < 4.78 is 30.4. The van der Waals surface area contributed by atoms with Gasteiger partial charge in [-0.3, -0.25) is 14.4 Å². The molecule has 0 spiro atoms. The number of benzene rings is 2. The van der Waals surface area contributed by atoms with Crippen molar-refractivity contribution >= 4 is 29.2 Å². The Kier molecular flexibility index (Phi) is 7.16. The molecule has 0 saturated carbocycles. The minimum Gasteiger partial charge on any atom is -0.507 e. The molecule has 4 aromatic rings. The van der Waals surface area contributed by atoms with Crippen LogP contribution in [0.4, 0.5) is 14.6 Å². The number of anilines is 1. The van der Waals surface area contributed by atoms with Gasteiger partial charge in [0.2, 0.25) is 5.91 Å². The predicted octanol–water partition coefficient (Wildman–Crippen LogP) is 4.28. The SMILES string of the molecule is CC(=O)Nc1cn2nc(-c3cc(C(=O)NCc4cc(F)ccc4C(=O)N4CCCC4(C)C)c(O)cc3F)ccc2n1. The van der Waals surface area contributed by atoms with Gasteiger partial charge in [-0.15, -0.1) is 0 Å². The van der Waals surface area contributed by atoms with E-state index < -0.39 is 23.3 Å². The Morgan fingerprint density at radius 3 is 2.56 bits per heavy atom. The zero-order valence-corrected chi connectivity index (χ0v) is 22.7. The summed E-state index contributed by atoms with van der Waals surface area (Å²) in [5.74, 6) is -3.06. The van der Waals surface area contributed by atoms with E-state index in [-0.39, 0.29) is 57.7 Å². The number of carbonyl (C=O) groups excluding carboxylic acids is 3. The summed E-state index contributed by atoms with van der Waals surface area (Å²) in [5, 5.41) is 19.8. The minimum atomic E-state index is -0.820. The Balaban J connectivity index is 1.40. The van der Waals surface area contributed by atoms with Crippen LogP contribution in [0.5, 0.6) is 5.75 Å². The van der Waals surface area contributed by atoms with Crippen molar-refractivity contribution in [3.05, 3.63) is 77.0 Å². The first-order valence-electron chi connectivity index (χ1n) is 13.0. The van der Waals surface area contributed by atoms with Gasteiger partial charge in [-0.1, -0.05) is 0 Å². The van der Waals surface area contributed by atoms with Crippen molar-refractivity contribution in [3.8, 4) is 17.0 Å². The van der Waals surface area contributed by atoms with Crippen LogP contribution in [0.3, 0.4) is 0 Å². The fraction of sp³-hybridized carbons (Fsp3) is 0.276. The lowest BCUT2D eigenvalue weighted by Crippen LogP contribution is -2.43. The predicted molar refractivity (Wildman–Crippen MR) is 146 cm³/mol. The average Bonchev–Trinajstić information content (AvgIpc) is 3.47. The molecule has 0 atom stereocenters. The number of phenols is 1. The number of hydrogen-bond acceptors (Lipinski definition) is 6. The van der Waals surface area contributed by atoms with Crippen molar-refractivity contribution in [2.24, 2.45) is 0 Å². The highest BCUT2D eigenvalue weighted by molar-refractivity contribution is 5.99. The van der Waals surface area contributed by atoms with Gasteiger partial charge in [0, 0.05) is 42.7 Å². The second-order valence-corrected chi connectivity index (χ2v) is 10.5. The van der Waals surface area contributed by atoms with E-state index in [0.29, 0.717) is 12.2 Å². The van der Waals surface area contributed by atoms with Crippen LogP contribution in [0.15, 0.2) is 48.7 Å². The normalized spacial score (nSPS) is 14.3. The maximum atomic E-state index is 14.9. The van der Waals surface area contributed by atoms with Gasteiger partial charge < -0.3 is 20.6 Å². The molecule has 10 nitrogen and oxygen atoms in total. The molecule has 1 fully saturated rings. The van der Waals surface area contributed by atoms with Gasteiger partial charge >= 0.3 is 0 Å². The average molecular weight is 563 g/mol. The molecule has 1 aliphatic heterocycles. The van der Waals surface area contributed by atoms with E-state index >= 15 is 0 Å². The number of fused-ring (bicyclic) bond motifs is 1. The Morgan fingerprint density at radius 2 is 1.85 bits per heavy atom. The highest BCUT2D eigenvalue weighted by Gasteiger charge is 2.36. The third kappa shape index (κ3) is 5.58. The molecule has 3 N–H and O–H groups in total. The molecule has 3 heterocycles. The molecular weight excluding hydrogens is 534 g/mol. The second kappa shape index (κ2) is 10.6. The molecule has 1 saturated heterocycles. The topological polar surface area (TPSA) is 129 Å². The van der Waals surface area contributed by atoms with Crippen LogP contribution >= 0.6 is 0 Å². The molecule has 3 amide bonds. The van der Waals surface area contributed by atoms with Crippen LogP contribution in [0.1, 0.15) is 59.9 Å². The zero-order chi connectivity index (χ0) is 29.5. The Morgan fingerprint density at radius 1 is 1.07 bits per heavy atom. The number of hydrogen-bond donors (Lipinski definition) is 3. The molecule has 41 heavy (non-hydrogen) atoms. The maximum Gasteiger partial charge on any atom is 0.255 e. The fourth-order valence-electron chi connectivity index (χ4n) is 5.02. The quantitative estimate of drug-likeness (QED) is 0.322. The van der Waals surface area contributed by atoms with Gasteiger partial charge in [-0.2, -0.15) is 5.10 Å². The van der Waals surface area contributed by atoms with E-state index in [1.54, 1.807) is 11.0 Å². The molecule has 0 bridgehead atoms. The van der Waals surface area contributed by atoms with Crippen LogP contribution in [0.2, 0.25) is 0 Å². The van der Waals surface area contributed by atoms with E-state index in [9.17, 15) is 28.3 Å². The standard InChI is InChI=1S/C29H28F2N6O4/c1-16(38)33-25-15-37-26(34-25)8-7-23(35-37)20-12-21(24(39)13-22(20)31)27(40)32-14-17-11-18(30)5-6-19(17)28(41)36-10-4-9-29(36,2)3/h5-8,11-13,15,39H,4,9-10,14H2,1-3H3,(H,32,40)(H,33,38). The third-order valence-corrected chi connectivity index (χ3v) is 7.11. The summed E-state index contributed by atoms with van der Waals surface area (Å²) in [6.07, 6.45) is 3.15. The zero-order valence-electron chi connectivity index (χ0n) is 22.7. The van der Waals surface area contributed by atoms with Crippen LogP contribution < -0.4 is 10.6 Å². The molecule has 212 valence electrons. The summed E-state index contributed by atoms with van der Waals surface area (Å²) in [7, 11) is 0. The summed E-state index contributed by atoms with van der Waals surface area (Å²) >= 11 is 0. The van der Waals surface area contributed by atoms with Crippen LogP contribution in [-0.4, -0.2) is 54.4 Å². The lowest BCUT2D eigenvalue weighted by Gasteiger charge is -2.32. The van der Waals surface area contributed by atoms with Crippen molar-refractivity contribution in [2.75, 3.05) is 11.9 Å². The summed E-state index contributed by atoms with van der Waals surface area (Å²) in [4.78, 5) is 43.7. The smallest absolute Gasteiger partial charge is 0.255 e. The first-order chi connectivity index (χ1) is 19.4. The van der Waals surface area contributed by atoms with E-state index in [0.717, 1.165) is 25.0 Å². The van der Waals surface area contributed by atoms with E-state index in [4.69, 9.17) is 0 Å². The van der Waals surface area contributed by atoms with Crippen LogP contribution in [0, 0.1) is 11.6 Å². The van der Waals surface area contributed by atoms with Crippen molar-refractivity contribution in [3.63, 3.8) is 0 Å². The monoisotopic (exact) mass is 562 g/mol. The van der Waals surface area contributed by atoms with E-state index in [1.807, 2.05) is 13.8 Å². The van der Waals surface area contributed by atoms with Gasteiger partial charge in [0.25, 0.3) is 11.8 Å². The first-order valence-corrected chi connectivity index (χ1v) is 13.0. The molecular formula is C29H28F2N6O4. The van der Waals surface area contributed by atoms with Crippen LogP contribution in [-0.2, 0) is 11.3 Å². The first kappa shape index (κ1) is 27.7. The minimum absolute atomic E-state index is 0.0671. The van der Waals surface area contributed by atoms with Crippen LogP contribution in [0.25, 0.3) is 16.9 Å². The number of imidazole rings is 1. The van der Waals surface area contributed by atoms with Gasteiger partial charge in [0.15, 0.2) is 11.5 Å². The Labute approximate surface area is 234 Å². The number of phenolic OH excluding ortho intramolecular Hbond substituents is 1. The number of nitrogens with zero attached hydrogens (tertiary/aromatic N) is 4. The van der Waals surface area contributed by atoms with Gasteiger partial charge in [-0.25, -0.2) is 18.3 Å². The molecule has 0 aliphatic carbocycles. The second-order valence-electron chi connectivity index (χ2n) is 10.5. The molecule has 12 heteroatoms. The number of nitrogens with one attached hydrogen (secondary N) is 2. The summed E-state index contributed by atoms with van der Waals surface area (Å²) in [6, 6.07) is 8.79. The highest BCUT2D eigenvalue weighted by atomic mass is 19.1. The van der Waals surface area contributed by atoms with Gasteiger partial charge in [-0.05, 0) is 68.7 Å². The summed E-state index contributed by atoms with van der Waals surface area (Å²) in [6.45, 7) is 5.65. The third-order valence-electron chi connectivity index (χ3n) is 7.11. The largest absolute Gasteiger partial charge is 0.507 e. The number of likely N-dealkylation sites (tertiary alicyclic amines) is 1. The molecule has 2 aromatic carbocycles. The lowest BCUT2D eigenvalue weighted by atomic mass is 9.99. The van der Waals surface area contributed by atoms with Crippen molar-refractivity contribution in [1.29, 1.82) is 0 Å². The Hall–Kier alpha value is -4.87. The molecule has 1 aliphatic rings. The van der Waals surface area contributed by atoms with E-state index in [1.165, 1.54) is 41.9 Å². The Bertz CT molecular complexity index is 1700. The molecule has 0 radical (unpaired) electrons. The van der Waals surface area contributed by atoms with Crippen molar-refractivity contribution < 1.29 is 28.3 Å². The highest BCUT2D eigenvalue weighted by Crippen LogP contribution is 2.31.